The smallest absolute Gasteiger partial charge is 0.253 e. The molecule has 0 atom stereocenters. The molecule has 110 valence electrons. The molecule has 1 aliphatic carbocycles. The molecule has 0 aliphatic heterocycles. The zero-order chi connectivity index (χ0) is 14.7. The molecule has 1 aliphatic rings. The number of carbonyl (C=O) groups excluding carboxylic acids is 1. The van der Waals surface area contributed by atoms with Gasteiger partial charge in [0.25, 0.3) is 5.91 Å². The van der Waals surface area contributed by atoms with E-state index in [4.69, 9.17) is 4.74 Å². The standard InChI is InChI=1S/C17H20N2O2/c1-12-5-8-14-3-2-4-15(16(14)19-12)17(20)18-9-10-21-11-13-6-7-13/h2-5,8,13H,6-7,9-11H2,1H3,(H,18,20). The molecule has 0 unspecified atom stereocenters. The van der Waals surface area contributed by atoms with Gasteiger partial charge in [-0.05, 0) is 37.8 Å². The molecule has 1 amide bonds. The van der Waals surface area contributed by atoms with Crippen LogP contribution in [-0.2, 0) is 4.74 Å². The van der Waals surface area contributed by atoms with Crippen LogP contribution in [0.4, 0.5) is 0 Å². The molecular formula is C17H20N2O2. The Bertz CT molecular complexity index is 650. The molecule has 1 aromatic carbocycles. The third kappa shape index (κ3) is 3.58. The van der Waals surface area contributed by atoms with Gasteiger partial charge in [-0.25, -0.2) is 0 Å². The van der Waals surface area contributed by atoms with Gasteiger partial charge >= 0.3 is 0 Å². The monoisotopic (exact) mass is 284 g/mol. The molecule has 1 aromatic heterocycles. The van der Waals surface area contributed by atoms with E-state index in [2.05, 4.69) is 10.3 Å². The molecular weight excluding hydrogens is 264 g/mol. The number of fused-ring (bicyclic) bond motifs is 1. The van der Waals surface area contributed by atoms with E-state index >= 15 is 0 Å². The molecule has 1 heterocycles. The molecule has 4 heteroatoms. The second kappa shape index (κ2) is 6.22. The molecule has 0 saturated heterocycles. The maximum atomic E-state index is 12.3. The largest absolute Gasteiger partial charge is 0.379 e. The number of ether oxygens (including phenoxy) is 1. The van der Waals surface area contributed by atoms with Crippen LogP contribution < -0.4 is 5.32 Å². The van der Waals surface area contributed by atoms with Crippen LogP contribution in [0.2, 0.25) is 0 Å². The molecule has 1 N–H and O–H groups in total. The van der Waals surface area contributed by atoms with E-state index < -0.39 is 0 Å². The minimum atomic E-state index is -0.0891. The number of carbonyl (C=O) groups is 1. The van der Waals surface area contributed by atoms with E-state index in [0.29, 0.717) is 18.7 Å². The van der Waals surface area contributed by atoms with Gasteiger partial charge in [-0.1, -0.05) is 18.2 Å². The van der Waals surface area contributed by atoms with Gasteiger partial charge in [-0.15, -0.1) is 0 Å². The van der Waals surface area contributed by atoms with Gasteiger partial charge in [0.1, 0.15) is 0 Å². The SMILES string of the molecule is Cc1ccc2cccc(C(=O)NCCOCC3CC3)c2n1. The molecule has 3 rings (SSSR count). The second-order valence-corrected chi connectivity index (χ2v) is 5.60. The number of hydrogen-bond acceptors (Lipinski definition) is 3. The van der Waals surface area contributed by atoms with Crippen molar-refractivity contribution in [1.29, 1.82) is 0 Å². The van der Waals surface area contributed by atoms with E-state index in [1.54, 1.807) is 0 Å². The molecule has 21 heavy (non-hydrogen) atoms. The number of aromatic nitrogens is 1. The fraction of sp³-hybridized carbons (Fsp3) is 0.412. The average molecular weight is 284 g/mol. The quantitative estimate of drug-likeness (QED) is 0.830. The maximum absolute atomic E-state index is 12.3. The summed E-state index contributed by atoms with van der Waals surface area (Å²) in [5.41, 5.74) is 2.29. The van der Waals surface area contributed by atoms with Crippen LogP contribution in [0, 0.1) is 12.8 Å². The summed E-state index contributed by atoms with van der Waals surface area (Å²) in [7, 11) is 0. The highest BCUT2D eigenvalue weighted by molar-refractivity contribution is 6.05. The fourth-order valence-electron chi connectivity index (χ4n) is 2.29. The summed E-state index contributed by atoms with van der Waals surface area (Å²) >= 11 is 0. The molecule has 0 spiro atoms. The number of nitrogens with zero attached hydrogens (tertiary/aromatic N) is 1. The van der Waals surface area contributed by atoms with Crippen molar-refractivity contribution in [2.75, 3.05) is 19.8 Å². The van der Waals surface area contributed by atoms with Crippen molar-refractivity contribution in [2.45, 2.75) is 19.8 Å². The van der Waals surface area contributed by atoms with Crippen LogP contribution in [0.25, 0.3) is 10.9 Å². The van der Waals surface area contributed by atoms with E-state index in [1.165, 1.54) is 12.8 Å². The lowest BCUT2D eigenvalue weighted by Gasteiger charge is -2.08. The first-order valence-corrected chi connectivity index (χ1v) is 7.46. The van der Waals surface area contributed by atoms with Crippen LogP contribution >= 0.6 is 0 Å². The summed E-state index contributed by atoms with van der Waals surface area (Å²) < 4.78 is 5.52. The molecule has 4 nitrogen and oxygen atoms in total. The predicted molar refractivity (Wildman–Crippen MR) is 82.4 cm³/mol. The van der Waals surface area contributed by atoms with Crippen molar-refractivity contribution >= 4 is 16.8 Å². The molecule has 1 saturated carbocycles. The summed E-state index contributed by atoms with van der Waals surface area (Å²) in [5, 5.41) is 3.89. The van der Waals surface area contributed by atoms with Crippen LogP contribution in [0.3, 0.4) is 0 Å². The van der Waals surface area contributed by atoms with Gasteiger partial charge in [-0.3, -0.25) is 9.78 Å². The third-order valence-electron chi connectivity index (χ3n) is 3.69. The molecule has 0 radical (unpaired) electrons. The Morgan fingerprint density at radius 3 is 3.00 bits per heavy atom. The van der Waals surface area contributed by atoms with Crippen LogP contribution in [-0.4, -0.2) is 30.6 Å². The Morgan fingerprint density at radius 2 is 2.19 bits per heavy atom. The number of para-hydroxylation sites is 1. The second-order valence-electron chi connectivity index (χ2n) is 5.60. The lowest BCUT2D eigenvalue weighted by molar-refractivity contribution is 0.0908. The first-order valence-electron chi connectivity index (χ1n) is 7.46. The Hall–Kier alpha value is -1.94. The van der Waals surface area contributed by atoms with Gasteiger partial charge < -0.3 is 10.1 Å². The minimum Gasteiger partial charge on any atom is -0.379 e. The lowest BCUT2D eigenvalue weighted by Crippen LogP contribution is -2.27. The average Bonchev–Trinajstić information content (AvgIpc) is 3.30. The van der Waals surface area contributed by atoms with Gasteiger partial charge in [0.2, 0.25) is 0 Å². The van der Waals surface area contributed by atoms with Crippen molar-refractivity contribution in [2.24, 2.45) is 5.92 Å². The zero-order valence-corrected chi connectivity index (χ0v) is 12.3. The van der Waals surface area contributed by atoms with Gasteiger partial charge in [0, 0.05) is 24.2 Å². The minimum absolute atomic E-state index is 0.0891. The van der Waals surface area contributed by atoms with Crippen molar-refractivity contribution in [3.63, 3.8) is 0 Å². The van der Waals surface area contributed by atoms with Crippen LogP contribution in [0.15, 0.2) is 30.3 Å². The fourth-order valence-corrected chi connectivity index (χ4v) is 2.29. The van der Waals surface area contributed by atoms with Gasteiger partial charge in [0.15, 0.2) is 0 Å². The van der Waals surface area contributed by atoms with Gasteiger partial charge in [-0.2, -0.15) is 0 Å². The highest BCUT2D eigenvalue weighted by atomic mass is 16.5. The number of rotatable bonds is 6. The van der Waals surface area contributed by atoms with Crippen LogP contribution in [0.5, 0.6) is 0 Å². The number of pyridine rings is 1. The normalized spacial score (nSPS) is 14.3. The maximum Gasteiger partial charge on any atom is 0.253 e. The predicted octanol–water partition coefficient (Wildman–Crippen LogP) is 2.70. The van der Waals surface area contributed by atoms with Crippen molar-refractivity contribution in [3.05, 3.63) is 41.6 Å². The van der Waals surface area contributed by atoms with E-state index in [1.807, 2.05) is 37.3 Å². The zero-order valence-electron chi connectivity index (χ0n) is 12.3. The molecule has 1 fully saturated rings. The summed E-state index contributed by atoms with van der Waals surface area (Å²) in [5.74, 6) is 0.666. The first kappa shape index (κ1) is 14.0. The van der Waals surface area contributed by atoms with Crippen molar-refractivity contribution < 1.29 is 9.53 Å². The topological polar surface area (TPSA) is 51.2 Å². The van der Waals surface area contributed by atoms with E-state index in [0.717, 1.165) is 29.1 Å². The number of nitrogens with one attached hydrogen (secondary N) is 1. The van der Waals surface area contributed by atoms with Crippen LogP contribution in [0.1, 0.15) is 28.9 Å². The summed E-state index contributed by atoms with van der Waals surface area (Å²) in [6.45, 7) is 3.86. The summed E-state index contributed by atoms with van der Waals surface area (Å²) in [6, 6.07) is 9.62. The summed E-state index contributed by atoms with van der Waals surface area (Å²) in [6.07, 6.45) is 2.57. The number of hydrogen-bond donors (Lipinski definition) is 1. The lowest BCUT2D eigenvalue weighted by atomic mass is 10.1. The van der Waals surface area contributed by atoms with E-state index in [-0.39, 0.29) is 5.91 Å². The Labute approximate surface area is 124 Å². The number of aryl methyl sites for hydroxylation is 1. The van der Waals surface area contributed by atoms with Crippen molar-refractivity contribution in [3.8, 4) is 0 Å². The Morgan fingerprint density at radius 1 is 1.33 bits per heavy atom. The first-order chi connectivity index (χ1) is 10.2. The highest BCUT2D eigenvalue weighted by Crippen LogP contribution is 2.28. The Kier molecular flexibility index (Phi) is 4.15. The van der Waals surface area contributed by atoms with Crippen molar-refractivity contribution in [1.82, 2.24) is 10.3 Å². The van der Waals surface area contributed by atoms with E-state index in [9.17, 15) is 4.79 Å². The molecule has 2 aromatic rings. The van der Waals surface area contributed by atoms with Gasteiger partial charge in [0.05, 0.1) is 17.7 Å². The Balaban J connectivity index is 1.62. The third-order valence-corrected chi connectivity index (χ3v) is 3.69. The number of amides is 1. The molecule has 0 bridgehead atoms. The number of benzene rings is 1. The highest BCUT2D eigenvalue weighted by Gasteiger charge is 2.20. The summed E-state index contributed by atoms with van der Waals surface area (Å²) in [4.78, 5) is 16.8.